The van der Waals surface area contributed by atoms with Gasteiger partial charge in [0.2, 0.25) is 23.6 Å². The van der Waals surface area contributed by atoms with E-state index in [1.165, 1.54) is 15.6 Å². The van der Waals surface area contributed by atoms with Crippen LogP contribution in [0.25, 0.3) is 0 Å². The summed E-state index contributed by atoms with van der Waals surface area (Å²) in [5, 5.41) is 18.5. The Kier molecular flexibility index (Phi) is 13.1. The molecule has 0 radical (unpaired) electrons. The summed E-state index contributed by atoms with van der Waals surface area (Å²) in [5.74, 6) is -1.39. The lowest BCUT2D eigenvalue weighted by Crippen LogP contribution is -2.58. The summed E-state index contributed by atoms with van der Waals surface area (Å²) in [6.07, 6.45) is 2.61. The van der Waals surface area contributed by atoms with Gasteiger partial charge in [0, 0.05) is 32.0 Å². The van der Waals surface area contributed by atoms with Crippen LogP contribution in [0, 0.1) is 11.8 Å². The van der Waals surface area contributed by atoms with Gasteiger partial charge in [-0.2, -0.15) is 5.10 Å². The van der Waals surface area contributed by atoms with E-state index in [0.29, 0.717) is 48.7 Å². The molecule has 1 saturated carbocycles. The lowest BCUT2D eigenvalue weighted by Gasteiger charge is -2.29. The molecule has 4 aliphatic rings. The summed E-state index contributed by atoms with van der Waals surface area (Å²) in [4.78, 5) is 83.3. The molecule has 5 N–H and O–H groups in total. The number of rotatable bonds is 9. The highest BCUT2D eigenvalue weighted by molar-refractivity contribution is 6.00. The average Bonchev–Trinajstić information content (AvgIpc) is 3.89. The molecule has 1 aliphatic carbocycles. The molecule has 6 amide bonds. The predicted octanol–water partition coefficient (Wildman–Crippen LogP) is 1.37. The summed E-state index contributed by atoms with van der Waals surface area (Å²) in [6.45, 7) is 6.80. The normalized spacial score (nSPS) is 22.4. The monoisotopic (exact) mass is 784 g/mol. The Bertz CT molecular complexity index is 1940. The van der Waals surface area contributed by atoms with Gasteiger partial charge in [-0.15, -0.1) is 0 Å². The molecule has 2 bridgehead atoms. The lowest BCUT2D eigenvalue weighted by atomic mass is 10.0. The van der Waals surface area contributed by atoms with Crippen molar-refractivity contribution in [1.29, 1.82) is 0 Å². The first kappa shape index (κ1) is 40.7. The van der Waals surface area contributed by atoms with E-state index < -0.39 is 41.8 Å². The van der Waals surface area contributed by atoms with Gasteiger partial charge in [0.25, 0.3) is 11.8 Å². The fourth-order valence-electron chi connectivity index (χ4n) is 7.00. The van der Waals surface area contributed by atoms with Crippen molar-refractivity contribution in [1.82, 2.24) is 41.3 Å². The van der Waals surface area contributed by atoms with Gasteiger partial charge >= 0.3 is 0 Å². The fourth-order valence-corrected chi connectivity index (χ4v) is 7.00. The minimum atomic E-state index is -1.19. The van der Waals surface area contributed by atoms with E-state index in [-0.39, 0.29) is 67.1 Å². The third-order valence-electron chi connectivity index (χ3n) is 10.2. The summed E-state index contributed by atoms with van der Waals surface area (Å²) >= 11 is 0. The van der Waals surface area contributed by atoms with Crippen LogP contribution < -0.4 is 36.1 Å². The number of carbonyl (C=O) groups is 6. The van der Waals surface area contributed by atoms with E-state index in [0.717, 1.165) is 12.8 Å². The molecule has 2 aromatic carbocycles. The molecule has 3 aliphatic heterocycles. The molecule has 1 aromatic heterocycles. The maximum atomic E-state index is 14.3. The molecular weight excluding hydrogens is 732 g/mol. The van der Waals surface area contributed by atoms with E-state index in [1.54, 1.807) is 62.6 Å². The first-order valence-corrected chi connectivity index (χ1v) is 19.6. The van der Waals surface area contributed by atoms with Gasteiger partial charge in [0.05, 0.1) is 26.2 Å². The summed E-state index contributed by atoms with van der Waals surface area (Å²) in [6, 6.07) is 11.7. The zero-order valence-corrected chi connectivity index (χ0v) is 32.8. The Morgan fingerprint density at radius 1 is 0.982 bits per heavy atom. The Labute approximate surface area is 331 Å². The minimum Gasteiger partial charge on any atom is -0.497 e. The number of fused-ring (bicyclic) bond motifs is 18. The molecule has 4 heterocycles. The van der Waals surface area contributed by atoms with Crippen LogP contribution in [0.1, 0.15) is 72.1 Å². The van der Waals surface area contributed by atoms with Gasteiger partial charge in [-0.25, -0.2) is 0 Å². The highest BCUT2D eigenvalue weighted by atomic mass is 16.5. The molecule has 57 heavy (non-hydrogen) atoms. The Morgan fingerprint density at radius 3 is 2.39 bits per heavy atom. The quantitative estimate of drug-likeness (QED) is 0.199. The first-order valence-electron chi connectivity index (χ1n) is 19.6. The molecule has 0 saturated heterocycles. The van der Waals surface area contributed by atoms with Crippen LogP contribution in [0.4, 0.5) is 0 Å². The number of nitrogens with zero attached hydrogens (tertiary/aromatic N) is 3. The van der Waals surface area contributed by atoms with Gasteiger partial charge in [0.15, 0.2) is 5.69 Å². The standard InChI is InChI=1S/C41H52N8O8/c1-24(2)17-29-23-57-31-13-9-27(10-14-31)19-33(46-39(53)34-20-35-40(54)42-15-16-49(35)47-34)38(52)45-32(18-26-7-11-30(56-4)12-8-26)37(51)43-25(3)41(55)48(21-28-5-6-28)22-36(50)44-29/h7-14,20,24-25,28-29,32-33H,5-6,15-19,21-23H2,1-4H3,(H,42,54)(H,43,51)(H,44,50)(H,45,52)(H,46,53)/t25-,29+,32+,33+/m1/s1. The van der Waals surface area contributed by atoms with E-state index in [2.05, 4.69) is 45.5 Å². The zero-order valence-electron chi connectivity index (χ0n) is 32.8. The number of hydrogen-bond donors (Lipinski definition) is 5. The summed E-state index contributed by atoms with van der Waals surface area (Å²) in [7, 11) is 1.54. The van der Waals surface area contributed by atoms with Crippen LogP contribution >= 0.6 is 0 Å². The Balaban J connectivity index is 1.32. The van der Waals surface area contributed by atoms with Crippen LogP contribution in [0.2, 0.25) is 0 Å². The van der Waals surface area contributed by atoms with Crippen LogP contribution in [-0.2, 0) is 38.6 Å². The van der Waals surface area contributed by atoms with Gasteiger partial charge in [-0.1, -0.05) is 38.1 Å². The molecule has 3 aromatic rings. The van der Waals surface area contributed by atoms with Crippen molar-refractivity contribution in [3.05, 3.63) is 77.1 Å². The van der Waals surface area contributed by atoms with Crippen LogP contribution in [-0.4, -0.2) is 108 Å². The van der Waals surface area contributed by atoms with E-state index >= 15 is 0 Å². The largest absolute Gasteiger partial charge is 0.497 e. The number of carbonyl (C=O) groups excluding carboxylic acids is 6. The fraction of sp³-hybridized carbons (Fsp3) is 0.488. The highest BCUT2D eigenvalue weighted by Gasteiger charge is 2.34. The average molecular weight is 785 g/mol. The van der Waals surface area contributed by atoms with Gasteiger partial charge in [-0.3, -0.25) is 33.4 Å². The SMILES string of the molecule is COc1ccc(C[C@@H]2NC(=O)[C@@H](NC(=O)c3cc4n(n3)CCNC4=O)Cc3ccc(cc3)OC[C@H](CC(C)C)NC(=O)CN(CC3CC3)C(=O)[C@@H](C)NC2=O)cc1. The third kappa shape index (κ3) is 11.1. The van der Waals surface area contributed by atoms with Crippen molar-refractivity contribution in [3.8, 4) is 11.5 Å². The number of benzene rings is 2. The topological polar surface area (TPSA) is 202 Å². The highest BCUT2D eigenvalue weighted by Crippen LogP contribution is 2.30. The van der Waals surface area contributed by atoms with Crippen molar-refractivity contribution >= 4 is 35.4 Å². The summed E-state index contributed by atoms with van der Waals surface area (Å²) < 4.78 is 12.9. The minimum absolute atomic E-state index is 0.0276. The number of aromatic nitrogens is 2. The van der Waals surface area contributed by atoms with E-state index in [4.69, 9.17) is 9.47 Å². The summed E-state index contributed by atoms with van der Waals surface area (Å²) in [5.41, 5.74) is 1.57. The van der Waals surface area contributed by atoms with E-state index in [9.17, 15) is 28.8 Å². The van der Waals surface area contributed by atoms with Gasteiger partial charge in [-0.05, 0) is 73.4 Å². The van der Waals surface area contributed by atoms with Crippen molar-refractivity contribution in [2.45, 2.75) is 83.6 Å². The van der Waals surface area contributed by atoms with Crippen molar-refractivity contribution in [2.24, 2.45) is 11.8 Å². The van der Waals surface area contributed by atoms with Crippen molar-refractivity contribution < 1.29 is 38.2 Å². The molecule has 4 atom stereocenters. The van der Waals surface area contributed by atoms with Gasteiger partial charge < -0.3 is 41.0 Å². The van der Waals surface area contributed by atoms with Crippen LogP contribution in [0.5, 0.6) is 11.5 Å². The van der Waals surface area contributed by atoms with Crippen LogP contribution in [0.15, 0.2) is 54.6 Å². The molecule has 16 nitrogen and oxygen atoms in total. The maximum absolute atomic E-state index is 14.3. The number of hydrogen-bond acceptors (Lipinski definition) is 9. The second-order valence-corrected chi connectivity index (χ2v) is 15.5. The molecule has 1 fully saturated rings. The Hall–Kier alpha value is -5.93. The van der Waals surface area contributed by atoms with Crippen LogP contribution in [0.3, 0.4) is 0 Å². The molecule has 0 spiro atoms. The smallest absolute Gasteiger partial charge is 0.272 e. The number of nitrogens with one attached hydrogen (secondary N) is 5. The number of methoxy groups -OCH3 is 1. The molecule has 0 unspecified atom stereocenters. The molecule has 16 heteroatoms. The first-order chi connectivity index (χ1) is 27.3. The van der Waals surface area contributed by atoms with Gasteiger partial charge in [0.1, 0.15) is 41.9 Å². The van der Waals surface area contributed by atoms with E-state index in [1.807, 2.05) is 0 Å². The van der Waals surface area contributed by atoms with Crippen molar-refractivity contribution in [3.63, 3.8) is 0 Å². The van der Waals surface area contributed by atoms with Crippen molar-refractivity contribution in [2.75, 3.05) is 33.4 Å². The third-order valence-corrected chi connectivity index (χ3v) is 10.2. The Morgan fingerprint density at radius 2 is 1.72 bits per heavy atom. The predicted molar refractivity (Wildman–Crippen MR) is 208 cm³/mol. The zero-order chi connectivity index (χ0) is 40.6. The molecular formula is C41H52N8O8. The molecule has 304 valence electrons. The molecule has 7 rings (SSSR count). The maximum Gasteiger partial charge on any atom is 0.272 e. The lowest BCUT2D eigenvalue weighted by molar-refractivity contribution is -0.140. The second kappa shape index (κ2) is 18.3. The number of ether oxygens (including phenoxy) is 2. The second-order valence-electron chi connectivity index (χ2n) is 15.5. The number of amides is 6.